The number of methoxy groups -OCH3 is 2. The number of aliphatic imine (C=N–C) groups is 1. The molecule has 1 atom stereocenters. The van der Waals surface area contributed by atoms with Gasteiger partial charge in [-0.2, -0.15) is 0 Å². The van der Waals surface area contributed by atoms with E-state index >= 15 is 0 Å². The third kappa shape index (κ3) is 5.85. The Balaban J connectivity index is 2.08. The molecule has 0 amide bonds. The number of aliphatic hydroxyl groups is 1. The maximum absolute atomic E-state index is 13.9. The second-order valence-corrected chi connectivity index (χ2v) is 6.31. The first-order valence-electron chi connectivity index (χ1n) is 9.12. The molecule has 2 aromatic rings. The molecule has 0 aliphatic rings. The van der Waals surface area contributed by atoms with Crippen molar-refractivity contribution in [2.24, 2.45) is 4.99 Å². The summed E-state index contributed by atoms with van der Waals surface area (Å²) in [6, 6.07) is 12.1. The van der Waals surface area contributed by atoms with E-state index in [1.165, 1.54) is 13.2 Å². The monoisotopic (exact) mass is 389 g/mol. The average Bonchev–Trinajstić information content (AvgIpc) is 2.71. The van der Waals surface area contributed by atoms with Gasteiger partial charge in [0.15, 0.2) is 17.5 Å². The predicted molar refractivity (Wildman–Crippen MR) is 108 cm³/mol. The molecule has 0 bridgehead atoms. The van der Waals surface area contributed by atoms with Crippen molar-refractivity contribution in [3.63, 3.8) is 0 Å². The van der Waals surface area contributed by atoms with Crippen LogP contribution in [0.3, 0.4) is 0 Å². The van der Waals surface area contributed by atoms with E-state index in [0.717, 1.165) is 11.1 Å². The minimum Gasteiger partial charge on any atom is -0.497 e. The number of guanidine groups is 1. The van der Waals surface area contributed by atoms with Crippen molar-refractivity contribution in [1.82, 2.24) is 10.2 Å². The van der Waals surface area contributed by atoms with E-state index in [4.69, 9.17) is 9.47 Å². The standard InChI is InChI=1S/C21H28FN3O3/c1-5-23-21(24-13-19(26)16-7-6-8-17(12-16)27-3)25(2)14-15-9-10-20(28-4)18(22)11-15/h6-12,19,26H,5,13-14H2,1-4H3,(H,23,24). The Morgan fingerprint density at radius 1 is 1.21 bits per heavy atom. The Kier molecular flexibility index (Phi) is 8.07. The molecule has 2 aromatic carbocycles. The van der Waals surface area contributed by atoms with Crippen LogP contribution in [0.2, 0.25) is 0 Å². The van der Waals surface area contributed by atoms with Gasteiger partial charge in [0.1, 0.15) is 5.75 Å². The molecule has 0 fully saturated rings. The van der Waals surface area contributed by atoms with Gasteiger partial charge in [-0.1, -0.05) is 18.2 Å². The van der Waals surface area contributed by atoms with Crippen molar-refractivity contribution in [3.05, 3.63) is 59.4 Å². The predicted octanol–water partition coefficient (Wildman–Crippen LogP) is 2.97. The molecule has 2 rings (SSSR count). The summed E-state index contributed by atoms with van der Waals surface area (Å²) in [6.07, 6.45) is -0.754. The molecule has 0 aromatic heterocycles. The van der Waals surface area contributed by atoms with Gasteiger partial charge >= 0.3 is 0 Å². The van der Waals surface area contributed by atoms with E-state index in [-0.39, 0.29) is 12.3 Å². The van der Waals surface area contributed by atoms with E-state index < -0.39 is 11.9 Å². The number of benzene rings is 2. The third-order valence-corrected chi connectivity index (χ3v) is 4.22. The van der Waals surface area contributed by atoms with Crippen LogP contribution in [0.15, 0.2) is 47.5 Å². The number of hydrogen-bond acceptors (Lipinski definition) is 4. The first-order valence-corrected chi connectivity index (χ1v) is 9.12. The summed E-state index contributed by atoms with van der Waals surface area (Å²) in [7, 11) is 4.89. The number of aliphatic hydroxyl groups excluding tert-OH is 1. The lowest BCUT2D eigenvalue weighted by Gasteiger charge is -2.23. The van der Waals surface area contributed by atoms with Crippen molar-refractivity contribution in [3.8, 4) is 11.5 Å². The summed E-state index contributed by atoms with van der Waals surface area (Å²) in [5.74, 6) is 1.13. The van der Waals surface area contributed by atoms with Crippen molar-refractivity contribution in [2.45, 2.75) is 19.6 Å². The van der Waals surface area contributed by atoms with E-state index in [0.29, 0.717) is 24.8 Å². The summed E-state index contributed by atoms with van der Waals surface area (Å²) in [5, 5.41) is 13.6. The lowest BCUT2D eigenvalue weighted by Crippen LogP contribution is -2.38. The smallest absolute Gasteiger partial charge is 0.194 e. The molecule has 28 heavy (non-hydrogen) atoms. The topological polar surface area (TPSA) is 66.3 Å². The second-order valence-electron chi connectivity index (χ2n) is 6.31. The highest BCUT2D eigenvalue weighted by molar-refractivity contribution is 5.79. The van der Waals surface area contributed by atoms with Crippen LogP contribution in [-0.2, 0) is 6.54 Å². The minimum atomic E-state index is -0.754. The maximum Gasteiger partial charge on any atom is 0.194 e. The summed E-state index contributed by atoms with van der Waals surface area (Å²) in [4.78, 5) is 6.40. The number of nitrogens with one attached hydrogen (secondary N) is 1. The molecule has 0 heterocycles. The van der Waals surface area contributed by atoms with E-state index in [2.05, 4.69) is 10.3 Å². The van der Waals surface area contributed by atoms with E-state index in [1.807, 2.05) is 43.1 Å². The van der Waals surface area contributed by atoms with Gasteiger partial charge in [0.05, 0.1) is 26.9 Å². The zero-order valence-corrected chi connectivity index (χ0v) is 16.8. The highest BCUT2D eigenvalue weighted by atomic mass is 19.1. The maximum atomic E-state index is 13.9. The summed E-state index contributed by atoms with van der Waals surface area (Å²) >= 11 is 0. The first kappa shape index (κ1) is 21.5. The molecule has 0 aliphatic heterocycles. The van der Waals surface area contributed by atoms with Gasteiger partial charge in [-0.15, -0.1) is 0 Å². The third-order valence-electron chi connectivity index (χ3n) is 4.22. The van der Waals surface area contributed by atoms with Gasteiger partial charge in [-0.25, -0.2) is 4.39 Å². The summed E-state index contributed by atoms with van der Waals surface area (Å²) in [5.41, 5.74) is 1.53. The SMILES string of the molecule is CCNC(=NCC(O)c1cccc(OC)c1)N(C)Cc1ccc(OC)c(F)c1. The number of rotatable bonds is 8. The van der Waals surface area contributed by atoms with Crippen LogP contribution in [0.5, 0.6) is 11.5 Å². The Morgan fingerprint density at radius 2 is 2.00 bits per heavy atom. The van der Waals surface area contributed by atoms with Crippen LogP contribution in [0, 0.1) is 5.82 Å². The molecule has 6 nitrogen and oxygen atoms in total. The Morgan fingerprint density at radius 3 is 2.64 bits per heavy atom. The first-order chi connectivity index (χ1) is 13.5. The van der Waals surface area contributed by atoms with Crippen LogP contribution in [0.25, 0.3) is 0 Å². The number of hydrogen-bond donors (Lipinski definition) is 2. The van der Waals surface area contributed by atoms with E-state index in [9.17, 15) is 9.50 Å². The van der Waals surface area contributed by atoms with Crippen molar-refractivity contribution in [1.29, 1.82) is 0 Å². The van der Waals surface area contributed by atoms with Crippen molar-refractivity contribution in [2.75, 3.05) is 34.4 Å². The van der Waals surface area contributed by atoms with Crippen LogP contribution in [0.4, 0.5) is 4.39 Å². The fourth-order valence-corrected chi connectivity index (χ4v) is 2.75. The van der Waals surface area contributed by atoms with Gasteiger partial charge in [0.25, 0.3) is 0 Å². The highest BCUT2D eigenvalue weighted by Crippen LogP contribution is 2.20. The van der Waals surface area contributed by atoms with Gasteiger partial charge < -0.3 is 24.8 Å². The summed E-state index contributed by atoms with van der Waals surface area (Å²) < 4.78 is 24.1. The van der Waals surface area contributed by atoms with Crippen LogP contribution in [-0.4, -0.2) is 50.3 Å². The Bertz CT molecular complexity index is 798. The van der Waals surface area contributed by atoms with Crippen molar-refractivity contribution >= 4 is 5.96 Å². The lowest BCUT2D eigenvalue weighted by atomic mass is 10.1. The van der Waals surface area contributed by atoms with E-state index in [1.54, 1.807) is 19.2 Å². The lowest BCUT2D eigenvalue weighted by molar-refractivity contribution is 0.186. The fraction of sp³-hybridized carbons (Fsp3) is 0.381. The molecule has 152 valence electrons. The van der Waals surface area contributed by atoms with Crippen LogP contribution >= 0.6 is 0 Å². The molecule has 0 saturated carbocycles. The number of halogens is 1. The largest absolute Gasteiger partial charge is 0.497 e. The fourth-order valence-electron chi connectivity index (χ4n) is 2.75. The zero-order chi connectivity index (χ0) is 20.5. The molecular weight excluding hydrogens is 361 g/mol. The molecule has 0 radical (unpaired) electrons. The molecule has 7 heteroatoms. The Hall–Kier alpha value is -2.80. The second kappa shape index (κ2) is 10.5. The molecular formula is C21H28FN3O3. The zero-order valence-electron chi connectivity index (χ0n) is 16.8. The van der Waals surface area contributed by atoms with Gasteiger partial charge in [0, 0.05) is 20.1 Å². The summed E-state index contributed by atoms with van der Waals surface area (Å²) in [6.45, 7) is 3.29. The van der Waals surface area contributed by atoms with Crippen LogP contribution in [0.1, 0.15) is 24.2 Å². The van der Waals surface area contributed by atoms with Gasteiger partial charge in [0.2, 0.25) is 0 Å². The molecule has 0 saturated heterocycles. The molecule has 0 spiro atoms. The van der Waals surface area contributed by atoms with Crippen molar-refractivity contribution < 1.29 is 19.0 Å². The quantitative estimate of drug-likeness (QED) is 0.537. The number of nitrogens with zero attached hydrogens (tertiary/aromatic N) is 2. The molecule has 1 unspecified atom stereocenters. The Labute approximate surface area is 165 Å². The van der Waals surface area contributed by atoms with Gasteiger partial charge in [-0.3, -0.25) is 4.99 Å². The average molecular weight is 389 g/mol. The molecule has 2 N–H and O–H groups in total. The minimum absolute atomic E-state index is 0.191. The highest BCUT2D eigenvalue weighted by Gasteiger charge is 2.12. The molecule has 0 aliphatic carbocycles. The number of ether oxygens (including phenoxy) is 2. The van der Waals surface area contributed by atoms with Crippen LogP contribution < -0.4 is 14.8 Å². The normalized spacial score (nSPS) is 12.4. The van der Waals surface area contributed by atoms with Gasteiger partial charge in [-0.05, 0) is 42.3 Å².